The second-order valence-electron chi connectivity index (χ2n) is 4.60. The number of allylic oxidation sites excluding steroid dienone is 1. The van der Waals surface area contributed by atoms with E-state index in [2.05, 4.69) is 0 Å². The Morgan fingerprint density at radius 1 is 1.30 bits per heavy atom. The number of carbonyl (C=O) groups excluding carboxylic acids is 3. The Morgan fingerprint density at radius 2 is 2.05 bits per heavy atom. The van der Waals surface area contributed by atoms with Gasteiger partial charge in [-0.25, -0.2) is 0 Å². The van der Waals surface area contributed by atoms with Gasteiger partial charge in [0.15, 0.2) is 5.78 Å². The molecule has 0 aromatic carbocycles. The van der Waals surface area contributed by atoms with E-state index in [0.29, 0.717) is 22.4 Å². The lowest BCUT2D eigenvalue weighted by molar-refractivity contribution is -0.111. The minimum atomic E-state index is -0.671. The van der Waals surface area contributed by atoms with Crippen molar-refractivity contribution in [2.24, 2.45) is 0 Å². The quantitative estimate of drug-likeness (QED) is 0.478. The summed E-state index contributed by atoms with van der Waals surface area (Å²) in [5.74, 6) is -1.22. The SMILES string of the molecule is BC1=C(C)C(=O)C(=O)c2c(C(=O)c3ccsc3)coc21. The van der Waals surface area contributed by atoms with Crippen LogP contribution in [0.1, 0.15) is 39.0 Å². The zero-order valence-corrected chi connectivity index (χ0v) is 11.7. The third-order valence-electron chi connectivity index (χ3n) is 3.50. The van der Waals surface area contributed by atoms with Gasteiger partial charge in [-0.05, 0) is 29.4 Å². The van der Waals surface area contributed by atoms with Crippen LogP contribution in [0.2, 0.25) is 0 Å². The molecule has 0 spiro atoms. The largest absolute Gasteiger partial charge is 0.464 e. The molecule has 1 aliphatic rings. The van der Waals surface area contributed by atoms with Gasteiger partial charge in [0.1, 0.15) is 19.9 Å². The van der Waals surface area contributed by atoms with Gasteiger partial charge >= 0.3 is 0 Å². The second kappa shape index (κ2) is 4.42. The van der Waals surface area contributed by atoms with Crippen molar-refractivity contribution in [3.8, 4) is 0 Å². The van der Waals surface area contributed by atoms with Gasteiger partial charge in [-0.2, -0.15) is 11.3 Å². The summed E-state index contributed by atoms with van der Waals surface area (Å²) >= 11 is 1.39. The Bertz CT molecular complexity index is 780. The minimum Gasteiger partial charge on any atom is -0.464 e. The maximum Gasteiger partial charge on any atom is 0.237 e. The Kier molecular flexibility index (Phi) is 2.83. The lowest BCUT2D eigenvalue weighted by Crippen LogP contribution is -2.23. The molecule has 4 nitrogen and oxygen atoms in total. The molecule has 0 atom stereocenters. The van der Waals surface area contributed by atoms with Gasteiger partial charge in [0.2, 0.25) is 11.6 Å². The lowest BCUT2D eigenvalue weighted by Gasteiger charge is -2.12. The predicted octanol–water partition coefficient (Wildman–Crippen LogP) is 1.70. The van der Waals surface area contributed by atoms with Crippen LogP contribution >= 0.6 is 11.3 Å². The van der Waals surface area contributed by atoms with E-state index in [9.17, 15) is 14.4 Å². The molecule has 0 saturated carbocycles. The molecule has 0 amide bonds. The molecule has 0 N–H and O–H groups in total. The van der Waals surface area contributed by atoms with Crippen LogP contribution in [0.3, 0.4) is 0 Å². The standard InChI is InChI=1S/C14H9BO4S/c1-6-10(15)14-9(13(18)11(6)16)8(4-19-14)12(17)7-2-3-20-5-7/h2-5H,15H2,1H3. The summed E-state index contributed by atoms with van der Waals surface area (Å²) in [6.45, 7) is 1.58. The van der Waals surface area contributed by atoms with Crippen molar-refractivity contribution >= 4 is 42.0 Å². The normalized spacial score (nSPS) is 14.7. The maximum absolute atomic E-state index is 12.3. The number of carbonyl (C=O) groups is 3. The lowest BCUT2D eigenvalue weighted by atomic mass is 9.78. The highest BCUT2D eigenvalue weighted by atomic mass is 32.1. The maximum atomic E-state index is 12.3. The number of hydrogen-bond acceptors (Lipinski definition) is 5. The average molecular weight is 284 g/mol. The number of Topliss-reactive ketones (excluding diaryl/α,β-unsaturated/α-hetero) is 2. The molecule has 0 unspecified atom stereocenters. The van der Waals surface area contributed by atoms with Gasteiger partial charge in [0, 0.05) is 10.9 Å². The Balaban J connectivity index is 2.20. The van der Waals surface area contributed by atoms with E-state index >= 15 is 0 Å². The van der Waals surface area contributed by atoms with Crippen molar-refractivity contribution in [3.05, 3.63) is 51.1 Å². The average Bonchev–Trinajstić information content (AvgIpc) is 3.10. The molecule has 2 aromatic rings. The fourth-order valence-electron chi connectivity index (χ4n) is 2.20. The number of hydrogen-bond donors (Lipinski definition) is 0. The van der Waals surface area contributed by atoms with Crippen molar-refractivity contribution in [1.82, 2.24) is 0 Å². The molecule has 0 radical (unpaired) electrons. The molecule has 2 heterocycles. The highest BCUT2D eigenvalue weighted by molar-refractivity contribution is 7.08. The first-order valence-electron chi connectivity index (χ1n) is 5.97. The molecule has 3 rings (SSSR count). The van der Waals surface area contributed by atoms with Gasteiger partial charge in [-0.15, -0.1) is 0 Å². The van der Waals surface area contributed by atoms with Crippen molar-refractivity contribution in [2.75, 3.05) is 0 Å². The fourth-order valence-corrected chi connectivity index (χ4v) is 2.84. The van der Waals surface area contributed by atoms with Crippen LogP contribution in [0.15, 0.2) is 33.1 Å². The highest BCUT2D eigenvalue weighted by Gasteiger charge is 2.35. The Hall–Kier alpha value is -2.21. The zero-order valence-electron chi connectivity index (χ0n) is 10.9. The monoisotopic (exact) mass is 284 g/mol. The van der Waals surface area contributed by atoms with Crippen LogP contribution in [0, 0.1) is 0 Å². The van der Waals surface area contributed by atoms with Gasteiger partial charge in [0.25, 0.3) is 0 Å². The number of thiophene rings is 1. The van der Waals surface area contributed by atoms with Crippen LogP contribution in [-0.2, 0) is 4.79 Å². The number of ketones is 3. The predicted molar refractivity (Wildman–Crippen MR) is 76.9 cm³/mol. The summed E-state index contributed by atoms with van der Waals surface area (Å²) < 4.78 is 5.36. The van der Waals surface area contributed by atoms with Gasteiger partial charge in [0.05, 0.1) is 11.1 Å². The van der Waals surface area contributed by atoms with Gasteiger partial charge in [-0.3, -0.25) is 14.4 Å². The summed E-state index contributed by atoms with van der Waals surface area (Å²) in [6, 6.07) is 1.68. The molecule has 1 aliphatic carbocycles. The summed E-state index contributed by atoms with van der Waals surface area (Å²) in [7, 11) is 1.71. The number of furan rings is 1. The van der Waals surface area contributed by atoms with Crippen LogP contribution in [0.4, 0.5) is 0 Å². The van der Waals surface area contributed by atoms with E-state index in [1.807, 2.05) is 0 Å². The minimum absolute atomic E-state index is 0.0919. The second-order valence-corrected chi connectivity index (χ2v) is 5.38. The van der Waals surface area contributed by atoms with E-state index in [4.69, 9.17) is 4.42 Å². The molecule has 0 fully saturated rings. The van der Waals surface area contributed by atoms with Crippen molar-refractivity contribution in [1.29, 1.82) is 0 Å². The topological polar surface area (TPSA) is 64.3 Å². The van der Waals surface area contributed by atoms with E-state index in [0.717, 1.165) is 0 Å². The molecular formula is C14H9BO4S. The molecule has 6 heteroatoms. The summed E-state index contributed by atoms with van der Waals surface area (Å²) in [5.41, 5.74) is 1.71. The number of fused-ring (bicyclic) bond motifs is 1. The van der Waals surface area contributed by atoms with E-state index < -0.39 is 11.6 Å². The first kappa shape index (κ1) is 12.8. The molecule has 98 valence electrons. The van der Waals surface area contributed by atoms with Crippen molar-refractivity contribution in [2.45, 2.75) is 6.92 Å². The molecule has 0 saturated heterocycles. The van der Waals surface area contributed by atoms with Crippen molar-refractivity contribution < 1.29 is 18.8 Å². The highest BCUT2D eigenvalue weighted by Crippen LogP contribution is 2.32. The fraction of sp³-hybridized carbons (Fsp3) is 0.0714. The summed E-state index contributed by atoms with van der Waals surface area (Å²) in [5, 5.41) is 3.48. The van der Waals surface area contributed by atoms with E-state index in [1.165, 1.54) is 17.6 Å². The van der Waals surface area contributed by atoms with Gasteiger partial charge < -0.3 is 4.42 Å². The van der Waals surface area contributed by atoms with Crippen LogP contribution < -0.4 is 0 Å². The zero-order chi connectivity index (χ0) is 14.4. The molecule has 2 aromatic heterocycles. The van der Waals surface area contributed by atoms with Crippen LogP contribution in [0.5, 0.6) is 0 Å². The first-order chi connectivity index (χ1) is 9.52. The van der Waals surface area contributed by atoms with Crippen molar-refractivity contribution in [3.63, 3.8) is 0 Å². The molecule has 0 bridgehead atoms. The van der Waals surface area contributed by atoms with E-state index in [1.54, 1.807) is 31.6 Å². The Labute approximate surface area is 119 Å². The smallest absolute Gasteiger partial charge is 0.237 e. The third kappa shape index (κ3) is 1.65. The van der Waals surface area contributed by atoms with Crippen LogP contribution in [0.25, 0.3) is 5.47 Å². The first-order valence-corrected chi connectivity index (χ1v) is 6.92. The van der Waals surface area contributed by atoms with E-state index in [-0.39, 0.29) is 16.9 Å². The summed E-state index contributed by atoms with van der Waals surface area (Å²) in [6.07, 6.45) is 1.26. The van der Waals surface area contributed by atoms with Gasteiger partial charge in [-0.1, -0.05) is 0 Å². The molecule has 20 heavy (non-hydrogen) atoms. The third-order valence-corrected chi connectivity index (χ3v) is 4.18. The molecule has 0 aliphatic heterocycles. The molecular weight excluding hydrogens is 275 g/mol. The van der Waals surface area contributed by atoms with Crippen LogP contribution in [-0.4, -0.2) is 25.2 Å². The Morgan fingerprint density at radius 3 is 2.70 bits per heavy atom. The summed E-state index contributed by atoms with van der Waals surface area (Å²) in [4.78, 5) is 36.4. The number of rotatable bonds is 2.